The Morgan fingerprint density at radius 2 is 1.62 bits per heavy atom. The molecule has 4 atom stereocenters. The monoisotopic (exact) mass is 507 g/mol. The second kappa shape index (κ2) is 10.5. The van der Waals surface area contributed by atoms with E-state index in [0.717, 1.165) is 4.90 Å². The van der Waals surface area contributed by atoms with Gasteiger partial charge in [0.15, 0.2) is 14.2 Å². The Kier molecular flexibility index (Phi) is 8.87. The third-order valence-corrected chi connectivity index (χ3v) is 8.42. The van der Waals surface area contributed by atoms with Gasteiger partial charge in [0.25, 0.3) is 0 Å². The fourth-order valence-corrected chi connectivity index (χ4v) is 6.76. The second-order valence-electron chi connectivity index (χ2n) is 11.6. The maximum atomic E-state index is 13.6. The molecule has 0 bridgehead atoms. The van der Waals surface area contributed by atoms with Crippen LogP contribution in [0, 0.1) is 17.3 Å². The first kappa shape index (κ1) is 28.6. The number of carbonyl (C=O) groups is 3. The van der Waals surface area contributed by atoms with Crippen molar-refractivity contribution < 1.29 is 23.5 Å². The van der Waals surface area contributed by atoms with E-state index in [0.29, 0.717) is 0 Å². The molecule has 0 aliphatic carbocycles. The lowest BCUT2D eigenvalue weighted by Gasteiger charge is -2.59. The maximum absolute atomic E-state index is 13.6. The Bertz CT molecular complexity index is 893. The molecule has 34 heavy (non-hydrogen) atoms. The third-order valence-electron chi connectivity index (χ3n) is 6.38. The van der Waals surface area contributed by atoms with Crippen molar-refractivity contribution in [3.8, 4) is 0 Å². The van der Waals surface area contributed by atoms with Gasteiger partial charge in [-0.3, -0.25) is 14.4 Å². The fraction of sp³-hybridized carbons (Fsp3) is 0.654. The highest BCUT2D eigenvalue weighted by Crippen LogP contribution is 2.50. The van der Waals surface area contributed by atoms with Crippen LogP contribution in [-0.4, -0.2) is 54.7 Å². The Hall–Kier alpha value is -1.64. The van der Waals surface area contributed by atoms with Crippen molar-refractivity contribution in [2.45, 2.75) is 90.6 Å². The summed E-state index contributed by atoms with van der Waals surface area (Å²) in [6.07, 6.45) is 0. The Balaban J connectivity index is 2.41. The van der Waals surface area contributed by atoms with Gasteiger partial charge >= 0.3 is 5.97 Å². The van der Waals surface area contributed by atoms with Crippen LogP contribution in [0.4, 0.5) is 0 Å². The van der Waals surface area contributed by atoms with Gasteiger partial charge < -0.3 is 14.1 Å². The van der Waals surface area contributed by atoms with Gasteiger partial charge in [-0.15, -0.1) is 0 Å². The van der Waals surface area contributed by atoms with E-state index in [-0.39, 0.29) is 23.0 Å². The quantitative estimate of drug-likeness (QED) is 0.215. The van der Waals surface area contributed by atoms with Crippen LogP contribution in [0.5, 0.6) is 0 Å². The van der Waals surface area contributed by atoms with E-state index in [9.17, 15) is 14.4 Å². The SMILES string of the molecule is C[C@@H](C(=O)Sc1ccccc1)[C@@H]1[C@@H]([C@@](C)(O[SiH](C)C)C(C)(C)C)C(=O)N1CC(=O)OC(C)(C)C. The third kappa shape index (κ3) is 6.52. The van der Waals surface area contributed by atoms with Crippen molar-refractivity contribution in [3.05, 3.63) is 30.3 Å². The van der Waals surface area contributed by atoms with Crippen molar-refractivity contribution in [3.63, 3.8) is 0 Å². The summed E-state index contributed by atoms with van der Waals surface area (Å²) in [4.78, 5) is 41.9. The first-order valence-corrected chi connectivity index (χ1v) is 15.5. The van der Waals surface area contributed by atoms with E-state index in [4.69, 9.17) is 9.16 Å². The zero-order valence-electron chi connectivity index (χ0n) is 22.3. The number of ether oxygens (including phenoxy) is 1. The highest BCUT2D eigenvalue weighted by molar-refractivity contribution is 8.13. The molecular weight excluding hydrogens is 466 g/mol. The van der Waals surface area contributed by atoms with Gasteiger partial charge in [0.05, 0.1) is 17.6 Å². The molecule has 0 spiro atoms. The normalized spacial score (nSPS) is 21.6. The number of amides is 1. The molecule has 1 aliphatic heterocycles. The number of likely N-dealkylation sites (tertiary alicyclic amines) is 1. The summed E-state index contributed by atoms with van der Waals surface area (Å²) < 4.78 is 12.0. The van der Waals surface area contributed by atoms with E-state index < -0.39 is 44.1 Å². The number of β-lactam (4-membered cyclic amide) rings is 1. The van der Waals surface area contributed by atoms with Crippen molar-refractivity contribution >= 4 is 37.8 Å². The molecule has 0 unspecified atom stereocenters. The number of nitrogens with zero attached hydrogens (tertiary/aromatic N) is 1. The van der Waals surface area contributed by atoms with Crippen molar-refractivity contribution in [2.24, 2.45) is 17.3 Å². The van der Waals surface area contributed by atoms with Gasteiger partial charge in [0, 0.05) is 10.8 Å². The molecular formula is C26H41NO5SSi. The smallest absolute Gasteiger partial charge is 0.326 e. The van der Waals surface area contributed by atoms with Gasteiger partial charge in [-0.05, 0) is 58.3 Å². The average molecular weight is 508 g/mol. The van der Waals surface area contributed by atoms with Crippen LogP contribution in [0.25, 0.3) is 0 Å². The predicted octanol–water partition coefficient (Wildman–Crippen LogP) is 4.91. The summed E-state index contributed by atoms with van der Waals surface area (Å²) in [5, 5.41) is -0.0408. The number of hydrogen-bond donors (Lipinski definition) is 0. The van der Waals surface area contributed by atoms with Crippen LogP contribution < -0.4 is 0 Å². The molecule has 0 radical (unpaired) electrons. The number of benzene rings is 1. The number of esters is 1. The molecule has 1 saturated heterocycles. The van der Waals surface area contributed by atoms with E-state index >= 15 is 0 Å². The zero-order valence-corrected chi connectivity index (χ0v) is 24.3. The van der Waals surface area contributed by atoms with Gasteiger partial charge in [0.1, 0.15) is 12.1 Å². The van der Waals surface area contributed by atoms with Gasteiger partial charge in [-0.25, -0.2) is 0 Å². The van der Waals surface area contributed by atoms with E-state index in [1.165, 1.54) is 16.7 Å². The Morgan fingerprint density at radius 1 is 1.06 bits per heavy atom. The first-order valence-electron chi connectivity index (χ1n) is 11.9. The fourth-order valence-electron chi connectivity index (χ4n) is 4.43. The van der Waals surface area contributed by atoms with Crippen molar-refractivity contribution in [1.29, 1.82) is 0 Å². The minimum absolute atomic E-state index is 0.0408. The molecule has 1 heterocycles. The standard InChI is InChI=1S/C26H41NO5SSi/c1-17(23(30)33-18-14-12-11-13-15-18)21-20(26(8,24(2,3)4)32-34(9)10)22(29)27(21)16-19(28)31-25(5,6)7/h11-15,17,20-21,34H,16H2,1-10H3/t17-,20-,21-,26-/m1/s1. The molecule has 2 rings (SSSR count). The highest BCUT2D eigenvalue weighted by atomic mass is 32.2. The summed E-state index contributed by atoms with van der Waals surface area (Å²) in [6, 6.07) is 9.02. The molecule has 0 N–H and O–H groups in total. The molecule has 0 saturated carbocycles. The van der Waals surface area contributed by atoms with Crippen molar-refractivity contribution in [2.75, 3.05) is 6.54 Å². The summed E-state index contributed by atoms with van der Waals surface area (Å²) >= 11 is 1.17. The molecule has 1 aromatic rings. The average Bonchev–Trinajstić information content (AvgIpc) is 2.67. The lowest BCUT2D eigenvalue weighted by molar-refractivity contribution is -0.195. The minimum Gasteiger partial charge on any atom is -0.459 e. The van der Waals surface area contributed by atoms with E-state index in [1.54, 1.807) is 20.8 Å². The van der Waals surface area contributed by atoms with Crippen LogP contribution in [-0.2, 0) is 23.5 Å². The Labute approximate surface area is 210 Å². The topological polar surface area (TPSA) is 72.9 Å². The summed E-state index contributed by atoms with van der Waals surface area (Å²) in [5.74, 6) is -1.65. The molecule has 1 aromatic carbocycles. The lowest BCUT2D eigenvalue weighted by Crippen LogP contribution is -2.74. The molecule has 190 valence electrons. The van der Waals surface area contributed by atoms with Crippen LogP contribution in [0.3, 0.4) is 0 Å². The number of hydrogen-bond acceptors (Lipinski definition) is 6. The Morgan fingerprint density at radius 3 is 2.09 bits per heavy atom. The minimum atomic E-state index is -1.53. The van der Waals surface area contributed by atoms with Crippen LogP contribution in [0.15, 0.2) is 35.2 Å². The maximum Gasteiger partial charge on any atom is 0.326 e. The van der Waals surface area contributed by atoms with Crippen LogP contribution >= 0.6 is 11.8 Å². The highest BCUT2D eigenvalue weighted by Gasteiger charge is 2.63. The van der Waals surface area contributed by atoms with Gasteiger partial charge in [-0.2, -0.15) is 0 Å². The lowest BCUT2D eigenvalue weighted by atomic mass is 9.61. The van der Waals surface area contributed by atoms with Gasteiger partial charge in [0.2, 0.25) is 5.91 Å². The van der Waals surface area contributed by atoms with Gasteiger partial charge in [-0.1, -0.05) is 57.7 Å². The van der Waals surface area contributed by atoms with Crippen molar-refractivity contribution in [1.82, 2.24) is 4.90 Å². The van der Waals surface area contributed by atoms with Crippen LogP contribution in [0.1, 0.15) is 55.4 Å². The molecule has 1 amide bonds. The molecule has 0 aromatic heterocycles. The zero-order chi connectivity index (χ0) is 26.1. The van der Waals surface area contributed by atoms with Crippen LogP contribution in [0.2, 0.25) is 13.1 Å². The molecule has 1 aliphatic rings. The second-order valence-corrected chi connectivity index (χ2v) is 15.0. The van der Waals surface area contributed by atoms with E-state index in [1.807, 2.05) is 44.2 Å². The number of rotatable bonds is 8. The summed E-state index contributed by atoms with van der Waals surface area (Å²) in [6.45, 7) is 19.4. The largest absolute Gasteiger partial charge is 0.459 e. The molecule has 1 fully saturated rings. The first-order chi connectivity index (χ1) is 15.5. The molecule has 8 heteroatoms. The molecule has 6 nitrogen and oxygen atoms in total. The number of thioether (sulfide) groups is 1. The summed E-state index contributed by atoms with van der Waals surface area (Å²) in [7, 11) is -1.53. The predicted molar refractivity (Wildman–Crippen MR) is 139 cm³/mol. The number of carbonyl (C=O) groups excluding carboxylic acids is 3. The van der Waals surface area contributed by atoms with E-state index in [2.05, 4.69) is 33.9 Å². The summed E-state index contributed by atoms with van der Waals surface area (Å²) in [5.41, 5.74) is -1.78.